The number of aliphatic hydroxyl groups excluding tert-OH is 1. The molecule has 3 aromatic heterocycles. The van der Waals surface area contributed by atoms with Gasteiger partial charge in [-0.2, -0.15) is 10.1 Å². The highest BCUT2D eigenvalue weighted by Gasteiger charge is 2.16. The van der Waals surface area contributed by atoms with E-state index in [1.165, 1.54) is 0 Å². The molecule has 0 aliphatic heterocycles. The predicted octanol–water partition coefficient (Wildman–Crippen LogP) is 2.05. The average Bonchev–Trinajstić information content (AvgIpc) is 3.16. The Morgan fingerprint density at radius 1 is 1.41 bits per heavy atom. The van der Waals surface area contributed by atoms with Crippen molar-refractivity contribution in [1.82, 2.24) is 29.6 Å². The summed E-state index contributed by atoms with van der Waals surface area (Å²) in [7, 11) is 3.66. The lowest BCUT2D eigenvalue weighted by Crippen LogP contribution is -2.24. The van der Waals surface area contributed by atoms with Crippen LogP contribution in [-0.2, 0) is 13.1 Å². The molecule has 0 saturated carbocycles. The second-order valence-corrected chi connectivity index (χ2v) is 7.78. The van der Waals surface area contributed by atoms with Crippen molar-refractivity contribution in [2.45, 2.75) is 38.9 Å². The van der Waals surface area contributed by atoms with Crippen LogP contribution in [0.25, 0.3) is 11.0 Å². The number of hydrogen-bond donors (Lipinski definition) is 3. The molecule has 1 atom stereocenters. The largest absolute Gasteiger partial charge is 0.495 e. The third-order valence-corrected chi connectivity index (χ3v) is 5.04. The minimum atomic E-state index is -0.129. The molecule has 0 amide bonds. The smallest absolute Gasteiger partial charge is 0.222 e. The van der Waals surface area contributed by atoms with Gasteiger partial charge in [0.15, 0.2) is 11.3 Å². The highest BCUT2D eigenvalue weighted by Crippen LogP contribution is 2.23. The van der Waals surface area contributed by atoms with Gasteiger partial charge in [0.05, 0.1) is 32.5 Å². The number of nitrogens with zero attached hydrogens (tertiary/aromatic N) is 6. The first-order valence-electron chi connectivity index (χ1n) is 10.7. The molecule has 0 aliphatic rings. The molecule has 0 spiro atoms. The third-order valence-electron chi connectivity index (χ3n) is 5.04. The molecule has 10 nitrogen and oxygen atoms in total. The number of nitrogens with one attached hydrogen (secondary N) is 1. The molecule has 32 heavy (non-hydrogen) atoms. The number of anilines is 2. The summed E-state index contributed by atoms with van der Waals surface area (Å²) in [4.78, 5) is 15.3. The summed E-state index contributed by atoms with van der Waals surface area (Å²) in [6, 6.07) is 1.86. The van der Waals surface area contributed by atoms with Crippen molar-refractivity contribution in [2.24, 2.45) is 0 Å². The van der Waals surface area contributed by atoms with Crippen molar-refractivity contribution in [2.75, 3.05) is 38.4 Å². The van der Waals surface area contributed by atoms with Gasteiger partial charge in [-0.1, -0.05) is 19.4 Å². The number of hydrogen-bond acceptors (Lipinski definition) is 9. The van der Waals surface area contributed by atoms with Crippen LogP contribution in [0.4, 0.5) is 11.8 Å². The van der Waals surface area contributed by atoms with Gasteiger partial charge in [0.25, 0.3) is 0 Å². The van der Waals surface area contributed by atoms with Crippen LogP contribution in [0.15, 0.2) is 31.1 Å². The molecule has 0 saturated heterocycles. The van der Waals surface area contributed by atoms with Crippen molar-refractivity contribution < 1.29 is 9.84 Å². The Hall–Kier alpha value is -3.24. The maximum Gasteiger partial charge on any atom is 0.222 e. The molecule has 3 aromatic rings. The van der Waals surface area contributed by atoms with E-state index in [9.17, 15) is 5.11 Å². The Balaban J connectivity index is 1.86. The van der Waals surface area contributed by atoms with E-state index in [2.05, 4.69) is 43.8 Å². The molecule has 0 aliphatic carbocycles. The number of ether oxygens (including phenoxy) is 1. The van der Waals surface area contributed by atoms with Gasteiger partial charge in [-0.15, -0.1) is 6.58 Å². The van der Waals surface area contributed by atoms with E-state index in [4.69, 9.17) is 10.5 Å². The van der Waals surface area contributed by atoms with Crippen LogP contribution < -0.4 is 15.8 Å². The number of likely N-dealkylation sites (N-methyl/N-ethyl adjacent to an activating group) is 1. The number of aliphatic hydroxyl groups is 1. The van der Waals surface area contributed by atoms with Gasteiger partial charge in [0.1, 0.15) is 17.0 Å². The minimum Gasteiger partial charge on any atom is -0.495 e. The first-order valence-corrected chi connectivity index (χ1v) is 10.7. The predicted molar refractivity (Wildman–Crippen MR) is 126 cm³/mol. The van der Waals surface area contributed by atoms with E-state index in [0.717, 1.165) is 37.2 Å². The third kappa shape index (κ3) is 5.71. The maximum atomic E-state index is 9.63. The van der Waals surface area contributed by atoms with E-state index in [-0.39, 0.29) is 18.6 Å². The summed E-state index contributed by atoms with van der Waals surface area (Å²) >= 11 is 0. The molecule has 0 radical (unpaired) electrons. The fraction of sp³-hybridized carbons (Fsp3) is 0.455. The fourth-order valence-electron chi connectivity index (χ4n) is 3.56. The lowest BCUT2D eigenvalue weighted by molar-refractivity contribution is 0.268. The van der Waals surface area contributed by atoms with Gasteiger partial charge in [-0.05, 0) is 25.1 Å². The Morgan fingerprint density at radius 3 is 2.91 bits per heavy atom. The zero-order valence-electron chi connectivity index (χ0n) is 19.0. The van der Waals surface area contributed by atoms with Gasteiger partial charge in [-0.3, -0.25) is 14.6 Å². The van der Waals surface area contributed by atoms with Crippen LogP contribution in [0, 0.1) is 0 Å². The summed E-state index contributed by atoms with van der Waals surface area (Å²) < 4.78 is 7.32. The average molecular weight is 441 g/mol. The van der Waals surface area contributed by atoms with Crippen LogP contribution >= 0.6 is 0 Å². The SMILES string of the molecule is C=CCN(C)Cc1cnc(Cn2cc3nc(N)nc(N[C@H](CO)CCC)c3n2)c(OC)c1. The first-order chi connectivity index (χ1) is 15.5. The number of fused-ring (bicyclic) bond motifs is 1. The highest BCUT2D eigenvalue weighted by molar-refractivity contribution is 5.85. The van der Waals surface area contributed by atoms with Crippen LogP contribution in [-0.4, -0.2) is 68.1 Å². The van der Waals surface area contributed by atoms with Crippen molar-refractivity contribution in [1.29, 1.82) is 0 Å². The normalized spacial score (nSPS) is 12.3. The lowest BCUT2D eigenvalue weighted by atomic mass is 10.2. The van der Waals surface area contributed by atoms with Crippen molar-refractivity contribution in [3.8, 4) is 5.75 Å². The number of methoxy groups -OCH3 is 1. The Morgan fingerprint density at radius 2 is 2.22 bits per heavy atom. The van der Waals surface area contributed by atoms with E-state index < -0.39 is 0 Å². The molecule has 172 valence electrons. The number of rotatable bonds is 12. The quantitative estimate of drug-likeness (QED) is 0.363. The van der Waals surface area contributed by atoms with Crippen LogP contribution in [0.3, 0.4) is 0 Å². The lowest BCUT2D eigenvalue weighted by Gasteiger charge is -2.16. The fourth-order valence-corrected chi connectivity index (χ4v) is 3.56. The topological polar surface area (TPSA) is 127 Å². The van der Waals surface area contributed by atoms with Gasteiger partial charge >= 0.3 is 0 Å². The number of nitrogens with two attached hydrogens (primary N) is 1. The monoisotopic (exact) mass is 440 g/mol. The first kappa shape index (κ1) is 23.4. The second-order valence-electron chi connectivity index (χ2n) is 7.78. The molecule has 0 unspecified atom stereocenters. The number of nitrogen functional groups attached to an aromatic ring is 1. The standard InChI is InChI=1S/C22H32N8O2/c1-5-7-16(14-31)25-21-20-18(26-22(23)27-21)13-30(28-20)12-17-19(32-4)9-15(10-24-17)11-29(3)8-6-2/h6,9-10,13,16,31H,2,5,7-8,11-12,14H2,1,3-4H3,(H3,23,25,26,27)/t16-/m0/s1. The molecule has 0 bridgehead atoms. The summed E-state index contributed by atoms with van der Waals surface area (Å²) in [5.74, 6) is 1.36. The molecule has 3 rings (SSSR count). The zero-order valence-corrected chi connectivity index (χ0v) is 19.0. The summed E-state index contributed by atoms with van der Waals surface area (Å²) in [5, 5.41) is 17.5. The van der Waals surface area contributed by atoms with Crippen LogP contribution in [0.5, 0.6) is 5.75 Å². The summed E-state index contributed by atoms with van der Waals surface area (Å²) in [6.45, 7) is 7.77. The van der Waals surface area contributed by atoms with Crippen molar-refractivity contribution >= 4 is 22.8 Å². The van der Waals surface area contributed by atoms with Crippen molar-refractivity contribution in [3.05, 3.63) is 42.4 Å². The molecule has 3 heterocycles. The Bertz CT molecular complexity index is 1050. The van der Waals surface area contributed by atoms with Gasteiger partial charge < -0.3 is 20.9 Å². The van der Waals surface area contributed by atoms with Crippen LogP contribution in [0.2, 0.25) is 0 Å². The number of aromatic nitrogens is 5. The van der Waals surface area contributed by atoms with E-state index in [1.54, 1.807) is 18.0 Å². The molecule has 10 heteroatoms. The maximum absolute atomic E-state index is 9.63. The zero-order chi connectivity index (χ0) is 23.1. The van der Waals surface area contributed by atoms with Gasteiger partial charge in [0.2, 0.25) is 5.95 Å². The minimum absolute atomic E-state index is 0.00456. The second kappa shape index (κ2) is 10.9. The number of pyridine rings is 1. The van der Waals surface area contributed by atoms with E-state index in [1.807, 2.05) is 25.4 Å². The van der Waals surface area contributed by atoms with E-state index in [0.29, 0.717) is 29.1 Å². The molecular weight excluding hydrogens is 408 g/mol. The summed E-state index contributed by atoms with van der Waals surface area (Å²) in [5.41, 5.74) is 8.92. The van der Waals surface area contributed by atoms with Gasteiger partial charge in [-0.25, -0.2) is 4.98 Å². The van der Waals surface area contributed by atoms with Gasteiger partial charge in [0, 0.05) is 19.3 Å². The molecule has 0 fully saturated rings. The molecule has 0 aromatic carbocycles. The molecular formula is C22H32N8O2. The summed E-state index contributed by atoms with van der Waals surface area (Å²) in [6.07, 6.45) is 7.26. The Kier molecular flexibility index (Phi) is 7.96. The molecule has 4 N–H and O–H groups in total. The Labute approximate surface area is 188 Å². The van der Waals surface area contributed by atoms with Crippen molar-refractivity contribution in [3.63, 3.8) is 0 Å². The highest BCUT2D eigenvalue weighted by atomic mass is 16.5. The van der Waals surface area contributed by atoms with Crippen LogP contribution in [0.1, 0.15) is 31.0 Å². The van der Waals surface area contributed by atoms with E-state index >= 15 is 0 Å².